The Morgan fingerprint density at radius 2 is 2.05 bits per heavy atom. The van der Waals surface area contributed by atoms with Gasteiger partial charge in [0.2, 0.25) is 0 Å². The van der Waals surface area contributed by atoms with Crippen LogP contribution in [0.25, 0.3) is 0 Å². The number of alkyl halides is 3. The smallest absolute Gasteiger partial charge is 0.410 e. The fraction of sp³-hybridized carbons (Fsp3) is 0.917. The van der Waals surface area contributed by atoms with Crippen LogP contribution in [0.15, 0.2) is 0 Å². The lowest BCUT2D eigenvalue weighted by molar-refractivity contribution is -0.154. The number of carbonyl (C=O) groups is 1. The minimum absolute atomic E-state index is 0.0308. The number of nitrogens with two attached hydrogens (primary N) is 1. The lowest BCUT2D eigenvalue weighted by Crippen LogP contribution is -2.53. The molecule has 1 aliphatic rings. The molecule has 0 aromatic carbocycles. The zero-order valence-corrected chi connectivity index (χ0v) is 11.9. The van der Waals surface area contributed by atoms with Crippen LogP contribution in [0.5, 0.6) is 0 Å². The van der Waals surface area contributed by atoms with Crippen LogP contribution >= 0.6 is 0 Å². The molecule has 0 bridgehead atoms. The summed E-state index contributed by atoms with van der Waals surface area (Å²) < 4.78 is 47.8. The first-order valence-corrected chi connectivity index (χ1v) is 6.40. The highest BCUT2D eigenvalue weighted by atomic mass is 19.4. The molecule has 2 unspecified atom stereocenters. The Hall–Kier alpha value is -1.02. The minimum atomic E-state index is -4.49. The predicted octanol–water partition coefficient (Wildman–Crippen LogP) is 1.90. The number of nitrogens with zero attached hydrogens (tertiary/aromatic N) is 1. The molecule has 0 aliphatic carbocycles. The standard InChI is InChI=1S/C12H21F3N2O3/c1-11(2,3)20-10(18)17-4-5-19-7-8(17)6-9(16)12(13,14)15/h8-9H,4-7,16H2,1-3H3. The summed E-state index contributed by atoms with van der Waals surface area (Å²) in [5.41, 5.74) is 4.41. The largest absolute Gasteiger partial charge is 0.444 e. The summed E-state index contributed by atoms with van der Waals surface area (Å²) in [5, 5.41) is 0. The van der Waals surface area contributed by atoms with Crippen molar-refractivity contribution < 1.29 is 27.4 Å². The molecular formula is C12H21F3N2O3. The Labute approximate surface area is 116 Å². The van der Waals surface area contributed by atoms with Gasteiger partial charge >= 0.3 is 12.3 Å². The molecule has 5 nitrogen and oxygen atoms in total. The van der Waals surface area contributed by atoms with Crippen molar-refractivity contribution in [1.82, 2.24) is 4.90 Å². The molecule has 118 valence electrons. The first-order valence-electron chi connectivity index (χ1n) is 6.40. The fourth-order valence-corrected chi connectivity index (χ4v) is 1.84. The first kappa shape index (κ1) is 17.0. The average molecular weight is 298 g/mol. The van der Waals surface area contributed by atoms with Gasteiger partial charge in [0.25, 0.3) is 0 Å². The molecule has 1 amide bonds. The number of ether oxygens (including phenoxy) is 2. The second-order valence-electron chi connectivity index (χ2n) is 5.79. The quantitative estimate of drug-likeness (QED) is 0.845. The third-order valence-corrected chi connectivity index (χ3v) is 2.80. The van der Waals surface area contributed by atoms with E-state index < -0.39 is 36.4 Å². The van der Waals surface area contributed by atoms with Gasteiger partial charge in [0.1, 0.15) is 11.6 Å². The summed E-state index contributed by atoms with van der Waals surface area (Å²) >= 11 is 0. The molecule has 0 radical (unpaired) electrons. The maximum Gasteiger partial charge on any atom is 0.410 e. The predicted molar refractivity (Wildman–Crippen MR) is 66.2 cm³/mol. The van der Waals surface area contributed by atoms with E-state index >= 15 is 0 Å². The average Bonchev–Trinajstić information content (AvgIpc) is 2.25. The summed E-state index contributed by atoms with van der Waals surface area (Å²) in [5.74, 6) is 0. The number of hydrogen-bond acceptors (Lipinski definition) is 4. The van der Waals surface area contributed by atoms with Crippen LogP contribution in [0.2, 0.25) is 0 Å². The Balaban J connectivity index is 2.69. The van der Waals surface area contributed by atoms with Crippen molar-refractivity contribution in [2.24, 2.45) is 5.73 Å². The molecule has 0 saturated carbocycles. The van der Waals surface area contributed by atoms with Crippen LogP contribution in [-0.2, 0) is 9.47 Å². The van der Waals surface area contributed by atoms with Gasteiger partial charge in [-0.25, -0.2) is 4.79 Å². The van der Waals surface area contributed by atoms with E-state index in [9.17, 15) is 18.0 Å². The van der Waals surface area contributed by atoms with Crippen molar-refractivity contribution in [3.05, 3.63) is 0 Å². The van der Waals surface area contributed by atoms with Gasteiger partial charge in [-0.05, 0) is 27.2 Å². The molecule has 0 aromatic rings. The molecule has 20 heavy (non-hydrogen) atoms. The Kier molecular flexibility index (Phi) is 5.26. The number of halogens is 3. The van der Waals surface area contributed by atoms with E-state index in [1.54, 1.807) is 20.8 Å². The number of carbonyl (C=O) groups excluding carboxylic acids is 1. The van der Waals surface area contributed by atoms with E-state index in [0.717, 1.165) is 0 Å². The molecule has 1 rings (SSSR count). The highest BCUT2D eigenvalue weighted by molar-refractivity contribution is 5.68. The maximum absolute atomic E-state index is 12.5. The van der Waals surface area contributed by atoms with Crippen molar-refractivity contribution in [2.75, 3.05) is 19.8 Å². The minimum Gasteiger partial charge on any atom is -0.444 e. The third-order valence-electron chi connectivity index (χ3n) is 2.80. The van der Waals surface area contributed by atoms with Crippen LogP contribution in [0.3, 0.4) is 0 Å². The summed E-state index contributed by atoms with van der Waals surface area (Å²) in [4.78, 5) is 13.2. The zero-order chi connectivity index (χ0) is 15.6. The van der Waals surface area contributed by atoms with Gasteiger partial charge in [-0.1, -0.05) is 0 Å². The summed E-state index contributed by atoms with van der Waals surface area (Å²) in [6, 6.07) is -2.71. The lowest BCUT2D eigenvalue weighted by Gasteiger charge is -2.37. The van der Waals surface area contributed by atoms with Gasteiger partial charge in [-0.15, -0.1) is 0 Å². The van der Waals surface area contributed by atoms with E-state index in [2.05, 4.69) is 0 Å². The van der Waals surface area contributed by atoms with E-state index in [0.29, 0.717) is 0 Å². The van der Waals surface area contributed by atoms with Gasteiger partial charge in [0.05, 0.1) is 19.3 Å². The van der Waals surface area contributed by atoms with Gasteiger partial charge in [0, 0.05) is 6.54 Å². The maximum atomic E-state index is 12.5. The monoisotopic (exact) mass is 298 g/mol. The molecule has 0 spiro atoms. The van der Waals surface area contributed by atoms with Gasteiger partial charge in [-0.3, -0.25) is 0 Å². The molecule has 2 atom stereocenters. The number of morpholine rings is 1. The van der Waals surface area contributed by atoms with E-state index in [-0.39, 0.29) is 19.8 Å². The van der Waals surface area contributed by atoms with E-state index in [1.807, 2.05) is 0 Å². The zero-order valence-electron chi connectivity index (χ0n) is 11.9. The van der Waals surface area contributed by atoms with Crippen molar-refractivity contribution in [1.29, 1.82) is 0 Å². The van der Waals surface area contributed by atoms with Crippen LogP contribution in [0.4, 0.5) is 18.0 Å². The number of amides is 1. The molecular weight excluding hydrogens is 277 g/mol. The number of rotatable bonds is 2. The lowest BCUT2D eigenvalue weighted by atomic mass is 10.1. The van der Waals surface area contributed by atoms with Gasteiger partial charge < -0.3 is 20.1 Å². The molecule has 8 heteroatoms. The second kappa shape index (κ2) is 6.17. The van der Waals surface area contributed by atoms with Gasteiger partial charge in [-0.2, -0.15) is 13.2 Å². The van der Waals surface area contributed by atoms with Crippen molar-refractivity contribution in [3.8, 4) is 0 Å². The molecule has 0 aromatic heterocycles. The van der Waals surface area contributed by atoms with Crippen molar-refractivity contribution >= 4 is 6.09 Å². The first-order chi connectivity index (χ1) is 9.00. The highest BCUT2D eigenvalue weighted by Crippen LogP contribution is 2.25. The van der Waals surface area contributed by atoms with Crippen LogP contribution < -0.4 is 5.73 Å². The van der Waals surface area contributed by atoms with Gasteiger partial charge in [0.15, 0.2) is 0 Å². The molecule has 1 saturated heterocycles. The molecule has 1 heterocycles. The van der Waals surface area contributed by atoms with Crippen LogP contribution in [-0.4, -0.2) is 54.6 Å². The second-order valence-corrected chi connectivity index (χ2v) is 5.79. The summed E-state index contributed by atoms with van der Waals surface area (Å²) in [6.45, 7) is 5.59. The molecule has 2 N–H and O–H groups in total. The van der Waals surface area contributed by atoms with Crippen molar-refractivity contribution in [3.63, 3.8) is 0 Å². The highest BCUT2D eigenvalue weighted by Gasteiger charge is 2.41. The Morgan fingerprint density at radius 1 is 1.45 bits per heavy atom. The Bertz CT molecular complexity index is 342. The van der Waals surface area contributed by atoms with Crippen molar-refractivity contribution in [2.45, 2.75) is 51.1 Å². The Morgan fingerprint density at radius 3 is 2.55 bits per heavy atom. The third kappa shape index (κ3) is 5.16. The van der Waals surface area contributed by atoms with Crippen LogP contribution in [0, 0.1) is 0 Å². The van der Waals surface area contributed by atoms with E-state index in [4.69, 9.17) is 15.2 Å². The van der Waals surface area contributed by atoms with Crippen LogP contribution in [0.1, 0.15) is 27.2 Å². The summed E-state index contributed by atoms with van der Waals surface area (Å²) in [7, 11) is 0. The summed E-state index contributed by atoms with van der Waals surface area (Å²) in [6.07, 6.45) is -5.53. The topological polar surface area (TPSA) is 64.8 Å². The molecule has 1 aliphatic heterocycles. The fourth-order valence-electron chi connectivity index (χ4n) is 1.84. The number of hydrogen-bond donors (Lipinski definition) is 1. The molecule has 1 fully saturated rings. The van der Waals surface area contributed by atoms with E-state index in [1.165, 1.54) is 4.90 Å². The SMILES string of the molecule is CC(C)(C)OC(=O)N1CCOCC1CC(N)C(F)(F)F. The normalized spacial score (nSPS) is 22.6.